The molecule has 1 aromatic carbocycles. The molecule has 0 bridgehead atoms. The lowest BCUT2D eigenvalue weighted by Crippen LogP contribution is -2.51. The zero-order valence-corrected chi connectivity index (χ0v) is 16.7. The van der Waals surface area contributed by atoms with Crippen molar-refractivity contribution in [3.05, 3.63) is 29.3 Å². The summed E-state index contributed by atoms with van der Waals surface area (Å²) in [5.41, 5.74) is 3.10. The van der Waals surface area contributed by atoms with Gasteiger partial charge in [-0.1, -0.05) is 18.2 Å². The number of benzene rings is 1. The molecule has 2 aliphatic heterocycles. The molecule has 2 heterocycles. The molecule has 148 valence electrons. The molecule has 1 N–H and O–H groups in total. The third kappa shape index (κ3) is 5.53. The van der Waals surface area contributed by atoms with E-state index >= 15 is 0 Å². The minimum absolute atomic E-state index is 0.0326. The first kappa shape index (κ1) is 19.8. The Labute approximate surface area is 162 Å². The fraction of sp³-hybridized carbons (Fsp3) is 0.619. The van der Waals surface area contributed by atoms with Gasteiger partial charge in [0, 0.05) is 45.0 Å². The van der Waals surface area contributed by atoms with Gasteiger partial charge in [0.2, 0.25) is 11.8 Å². The molecule has 0 radical (unpaired) electrons. The van der Waals surface area contributed by atoms with Crippen molar-refractivity contribution in [1.82, 2.24) is 14.7 Å². The van der Waals surface area contributed by atoms with Crippen LogP contribution in [-0.4, -0.2) is 78.9 Å². The number of carbonyl (C=O) groups is 2. The van der Waals surface area contributed by atoms with E-state index in [-0.39, 0.29) is 11.8 Å². The second-order valence-electron chi connectivity index (χ2n) is 7.81. The van der Waals surface area contributed by atoms with Crippen LogP contribution < -0.4 is 5.32 Å². The van der Waals surface area contributed by atoms with Crippen molar-refractivity contribution in [1.29, 1.82) is 0 Å². The van der Waals surface area contributed by atoms with E-state index in [4.69, 9.17) is 0 Å². The molecule has 0 unspecified atom stereocenters. The third-order valence-electron chi connectivity index (χ3n) is 5.65. The van der Waals surface area contributed by atoms with E-state index in [2.05, 4.69) is 15.1 Å². The highest BCUT2D eigenvalue weighted by Gasteiger charge is 2.23. The second kappa shape index (κ2) is 9.33. The molecule has 1 aromatic rings. The number of hydrogen-bond donors (Lipinski definition) is 1. The standard InChI is InChI=1S/C21H32N4O2/c1-17-7-6-8-18(2)21(17)22-19(26)15-23-11-13-24(14-12-23)16-20(27)25-9-4-3-5-10-25/h6-8H,3-5,9-16H2,1-2H3,(H,22,26). The van der Waals surface area contributed by atoms with Crippen LogP contribution in [0.2, 0.25) is 0 Å². The summed E-state index contributed by atoms with van der Waals surface area (Å²) in [6, 6.07) is 6.03. The third-order valence-corrected chi connectivity index (χ3v) is 5.65. The minimum atomic E-state index is 0.0326. The van der Waals surface area contributed by atoms with Gasteiger partial charge in [-0.2, -0.15) is 0 Å². The first-order valence-corrected chi connectivity index (χ1v) is 10.1. The van der Waals surface area contributed by atoms with Crippen molar-refractivity contribution in [3.63, 3.8) is 0 Å². The second-order valence-corrected chi connectivity index (χ2v) is 7.81. The summed E-state index contributed by atoms with van der Waals surface area (Å²) < 4.78 is 0. The summed E-state index contributed by atoms with van der Waals surface area (Å²) in [7, 11) is 0. The molecule has 27 heavy (non-hydrogen) atoms. The minimum Gasteiger partial charge on any atom is -0.342 e. The van der Waals surface area contributed by atoms with Gasteiger partial charge in [0.1, 0.15) is 0 Å². The molecular weight excluding hydrogens is 340 g/mol. The maximum Gasteiger partial charge on any atom is 0.238 e. The number of anilines is 1. The molecule has 3 rings (SSSR count). The molecule has 0 aliphatic carbocycles. The van der Waals surface area contributed by atoms with Crippen molar-refractivity contribution >= 4 is 17.5 Å². The van der Waals surface area contributed by atoms with Crippen molar-refractivity contribution in [2.75, 3.05) is 57.7 Å². The predicted octanol–water partition coefficient (Wildman–Crippen LogP) is 1.87. The Morgan fingerprint density at radius 2 is 1.41 bits per heavy atom. The Bertz CT molecular complexity index is 642. The van der Waals surface area contributed by atoms with Crippen LogP contribution >= 0.6 is 0 Å². The van der Waals surface area contributed by atoms with E-state index in [1.54, 1.807) is 0 Å². The largest absolute Gasteiger partial charge is 0.342 e. The molecule has 0 spiro atoms. The fourth-order valence-corrected chi connectivity index (χ4v) is 3.93. The Morgan fingerprint density at radius 1 is 0.852 bits per heavy atom. The normalized spacial score (nSPS) is 19.1. The highest BCUT2D eigenvalue weighted by molar-refractivity contribution is 5.93. The molecule has 2 saturated heterocycles. The van der Waals surface area contributed by atoms with Gasteiger partial charge < -0.3 is 10.2 Å². The average Bonchev–Trinajstić information content (AvgIpc) is 2.67. The van der Waals surface area contributed by atoms with Gasteiger partial charge in [0.05, 0.1) is 13.1 Å². The van der Waals surface area contributed by atoms with E-state index < -0.39 is 0 Å². The molecule has 2 amide bonds. The Balaban J connectivity index is 1.41. The van der Waals surface area contributed by atoms with E-state index in [0.717, 1.165) is 68.9 Å². The molecular formula is C21H32N4O2. The number of nitrogens with one attached hydrogen (secondary N) is 1. The smallest absolute Gasteiger partial charge is 0.238 e. The number of piperidine rings is 1. The zero-order chi connectivity index (χ0) is 19.2. The number of para-hydroxylation sites is 1. The van der Waals surface area contributed by atoms with Crippen molar-refractivity contribution in [3.8, 4) is 0 Å². The number of rotatable bonds is 5. The van der Waals surface area contributed by atoms with Crippen molar-refractivity contribution in [2.45, 2.75) is 33.1 Å². The zero-order valence-electron chi connectivity index (χ0n) is 16.7. The number of piperazine rings is 1. The van der Waals surface area contributed by atoms with Gasteiger partial charge >= 0.3 is 0 Å². The van der Waals surface area contributed by atoms with Gasteiger partial charge in [-0.15, -0.1) is 0 Å². The summed E-state index contributed by atoms with van der Waals surface area (Å²) in [5.74, 6) is 0.293. The number of carbonyl (C=O) groups excluding carboxylic acids is 2. The van der Waals surface area contributed by atoms with Gasteiger partial charge in [-0.3, -0.25) is 19.4 Å². The van der Waals surface area contributed by atoms with Crippen LogP contribution in [0.1, 0.15) is 30.4 Å². The lowest BCUT2D eigenvalue weighted by atomic mass is 10.1. The van der Waals surface area contributed by atoms with E-state index in [9.17, 15) is 9.59 Å². The maximum atomic E-state index is 12.4. The lowest BCUT2D eigenvalue weighted by molar-refractivity contribution is -0.134. The summed E-state index contributed by atoms with van der Waals surface area (Å²) in [6.45, 7) is 10.1. The van der Waals surface area contributed by atoms with E-state index in [1.807, 2.05) is 36.9 Å². The SMILES string of the molecule is Cc1cccc(C)c1NC(=O)CN1CCN(CC(=O)N2CCCCC2)CC1. The van der Waals surface area contributed by atoms with Crippen LogP contribution in [-0.2, 0) is 9.59 Å². The molecule has 0 aromatic heterocycles. The van der Waals surface area contributed by atoms with Crippen LogP contribution in [0.4, 0.5) is 5.69 Å². The number of likely N-dealkylation sites (tertiary alicyclic amines) is 1. The van der Waals surface area contributed by atoms with Gasteiger partial charge in [0.15, 0.2) is 0 Å². The summed E-state index contributed by atoms with van der Waals surface area (Å²) in [6.07, 6.45) is 3.51. The fourth-order valence-electron chi connectivity index (χ4n) is 3.93. The summed E-state index contributed by atoms with van der Waals surface area (Å²) in [5, 5.41) is 3.06. The maximum absolute atomic E-state index is 12.4. The summed E-state index contributed by atoms with van der Waals surface area (Å²) >= 11 is 0. The number of amides is 2. The van der Waals surface area contributed by atoms with Crippen molar-refractivity contribution in [2.24, 2.45) is 0 Å². The van der Waals surface area contributed by atoms with Crippen LogP contribution in [0.5, 0.6) is 0 Å². The predicted molar refractivity (Wildman–Crippen MR) is 108 cm³/mol. The monoisotopic (exact) mass is 372 g/mol. The van der Waals surface area contributed by atoms with Crippen LogP contribution in [0.15, 0.2) is 18.2 Å². The highest BCUT2D eigenvalue weighted by Crippen LogP contribution is 2.19. The molecule has 2 fully saturated rings. The van der Waals surface area contributed by atoms with Crippen LogP contribution in [0.3, 0.4) is 0 Å². The highest BCUT2D eigenvalue weighted by atomic mass is 16.2. The lowest BCUT2D eigenvalue weighted by Gasteiger charge is -2.35. The first-order chi connectivity index (χ1) is 13.0. The number of nitrogens with zero attached hydrogens (tertiary/aromatic N) is 3. The first-order valence-electron chi connectivity index (χ1n) is 10.1. The average molecular weight is 373 g/mol. The Hall–Kier alpha value is -1.92. The Morgan fingerprint density at radius 3 is 2.00 bits per heavy atom. The molecule has 0 atom stereocenters. The molecule has 2 aliphatic rings. The summed E-state index contributed by atoms with van der Waals surface area (Å²) in [4.78, 5) is 31.2. The van der Waals surface area contributed by atoms with Crippen molar-refractivity contribution < 1.29 is 9.59 Å². The topological polar surface area (TPSA) is 55.9 Å². The van der Waals surface area contributed by atoms with E-state index in [1.165, 1.54) is 6.42 Å². The van der Waals surface area contributed by atoms with Gasteiger partial charge in [-0.05, 0) is 44.2 Å². The number of hydrogen-bond acceptors (Lipinski definition) is 4. The molecule has 6 nitrogen and oxygen atoms in total. The van der Waals surface area contributed by atoms with Crippen LogP contribution in [0, 0.1) is 13.8 Å². The van der Waals surface area contributed by atoms with E-state index in [0.29, 0.717) is 13.1 Å². The molecule has 0 saturated carbocycles. The Kier molecular flexibility index (Phi) is 6.85. The van der Waals surface area contributed by atoms with Gasteiger partial charge in [0.25, 0.3) is 0 Å². The molecule has 6 heteroatoms. The van der Waals surface area contributed by atoms with Crippen LogP contribution in [0.25, 0.3) is 0 Å². The van der Waals surface area contributed by atoms with Gasteiger partial charge in [-0.25, -0.2) is 0 Å². The quantitative estimate of drug-likeness (QED) is 0.857. The number of aryl methyl sites for hydroxylation is 2.